The number of ether oxygens (including phenoxy) is 1. The summed E-state index contributed by atoms with van der Waals surface area (Å²) in [6, 6.07) is 3.01. The minimum atomic E-state index is -1.10. The van der Waals surface area contributed by atoms with Crippen molar-refractivity contribution in [1.29, 1.82) is 0 Å². The van der Waals surface area contributed by atoms with E-state index >= 15 is 0 Å². The number of hydrogen-bond acceptors (Lipinski definition) is 6. The normalized spacial score (nSPS) is 13.5. The Balaban J connectivity index is 3.50. The lowest BCUT2D eigenvalue weighted by atomic mass is 9.97. The van der Waals surface area contributed by atoms with Gasteiger partial charge in [0.2, 0.25) is 11.8 Å². The van der Waals surface area contributed by atoms with Crippen molar-refractivity contribution in [3.8, 4) is 5.75 Å². The molecule has 3 N–H and O–H groups in total. The highest BCUT2D eigenvalue weighted by atomic mass is 32.1. The number of carbonyl (C=O) groups excluding carboxylic acids is 3. The van der Waals surface area contributed by atoms with Crippen LogP contribution in [0, 0.1) is 6.92 Å². The second kappa shape index (κ2) is 13.0. The SMILES string of the molecule is CCCCCN(C(=O)C(CS)NC(=O)OC(C)(C)C)C(C(=O)NC(C)(C)C)c1cccc(C)c1O. The third-order valence-electron chi connectivity index (χ3n) is 5.08. The number of alkyl carbamates (subject to hydrolysis) is 1. The Bertz CT molecular complexity index is 877. The zero-order valence-electron chi connectivity index (χ0n) is 22.4. The lowest BCUT2D eigenvalue weighted by molar-refractivity contribution is -0.142. The predicted molar refractivity (Wildman–Crippen MR) is 142 cm³/mol. The van der Waals surface area contributed by atoms with Crippen LogP contribution in [0.4, 0.5) is 4.79 Å². The van der Waals surface area contributed by atoms with Gasteiger partial charge in [-0.25, -0.2) is 4.79 Å². The molecule has 9 heteroatoms. The Kier molecular flexibility index (Phi) is 11.4. The molecule has 0 heterocycles. The second-order valence-electron chi connectivity index (χ2n) is 10.8. The highest BCUT2D eigenvalue weighted by Gasteiger charge is 2.38. The zero-order valence-corrected chi connectivity index (χ0v) is 23.3. The Hall–Kier alpha value is -2.42. The Morgan fingerprint density at radius 3 is 2.26 bits per heavy atom. The maximum Gasteiger partial charge on any atom is 0.408 e. The molecule has 0 spiro atoms. The Morgan fingerprint density at radius 1 is 1.11 bits per heavy atom. The summed E-state index contributed by atoms with van der Waals surface area (Å²) in [6.07, 6.45) is 1.68. The number of phenols is 1. The van der Waals surface area contributed by atoms with Crippen LogP contribution < -0.4 is 10.6 Å². The van der Waals surface area contributed by atoms with Crippen LogP contribution in [0.3, 0.4) is 0 Å². The van der Waals surface area contributed by atoms with Gasteiger partial charge in [0.15, 0.2) is 0 Å². The molecule has 0 aromatic heterocycles. The molecule has 0 saturated heterocycles. The van der Waals surface area contributed by atoms with E-state index in [0.29, 0.717) is 17.5 Å². The van der Waals surface area contributed by atoms with Crippen LogP contribution in [-0.4, -0.2) is 57.4 Å². The summed E-state index contributed by atoms with van der Waals surface area (Å²) in [5, 5.41) is 16.4. The number of carbonyl (C=O) groups is 3. The van der Waals surface area contributed by atoms with Gasteiger partial charge in [-0.05, 0) is 60.5 Å². The molecule has 0 bridgehead atoms. The quantitative estimate of drug-likeness (QED) is 0.274. The molecule has 0 aliphatic carbocycles. The van der Waals surface area contributed by atoms with Gasteiger partial charge in [0.25, 0.3) is 0 Å². The van der Waals surface area contributed by atoms with E-state index in [2.05, 4.69) is 23.3 Å². The standard InChI is InChI=1S/C26H43N3O5S/c1-9-10-11-15-29(23(32)19(16-35)27-24(33)34-26(6,7)8)20(22(31)28-25(3,4)5)18-14-12-13-17(2)21(18)30/h12-14,19-20,30,35H,9-11,15-16H2,1-8H3,(H,27,33)(H,28,31). The molecule has 3 amide bonds. The molecule has 0 fully saturated rings. The van der Waals surface area contributed by atoms with Gasteiger partial charge in [-0.1, -0.05) is 38.0 Å². The van der Waals surface area contributed by atoms with Gasteiger partial charge < -0.3 is 25.4 Å². The zero-order chi connectivity index (χ0) is 27.0. The maximum atomic E-state index is 13.8. The van der Waals surface area contributed by atoms with E-state index in [4.69, 9.17) is 4.74 Å². The number of aryl methyl sites for hydroxylation is 1. The summed E-state index contributed by atoms with van der Waals surface area (Å²) in [4.78, 5) is 41.2. The monoisotopic (exact) mass is 509 g/mol. The molecule has 2 atom stereocenters. The van der Waals surface area contributed by atoms with E-state index in [0.717, 1.165) is 12.8 Å². The number of benzene rings is 1. The van der Waals surface area contributed by atoms with Crippen LogP contribution in [0.1, 0.15) is 84.9 Å². The molecule has 0 saturated carbocycles. The molecule has 0 radical (unpaired) electrons. The molecule has 8 nitrogen and oxygen atoms in total. The van der Waals surface area contributed by atoms with Gasteiger partial charge in [-0.2, -0.15) is 12.6 Å². The molecular weight excluding hydrogens is 466 g/mol. The number of thiol groups is 1. The molecule has 0 aliphatic heterocycles. The average molecular weight is 510 g/mol. The van der Waals surface area contributed by atoms with Gasteiger partial charge >= 0.3 is 6.09 Å². The first kappa shape index (κ1) is 30.6. The fourth-order valence-corrected chi connectivity index (χ4v) is 3.77. The predicted octanol–water partition coefficient (Wildman–Crippen LogP) is 4.50. The van der Waals surface area contributed by atoms with Crippen LogP contribution in [0.5, 0.6) is 5.75 Å². The number of nitrogens with zero attached hydrogens (tertiary/aromatic N) is 1. The van der Waals surface area contributed by atoms with Gasteiger partial charge in [0.1, 0.15) is 23.4 Å². The minimum Gasteiger partial charge on any atom is -0.507 e. The third kappa shape index (κ3) is 9.99. The number of para-hydroxylation sites is 1. The maximum absolute atomic E-state index is 13.8. The van der Waals surface area contributed by atoms with Crippen molar-refractivity contribution < 1.29 is 24.2 Å². The van der Waals surface area contributed by atoms with Crippen molar-refractivity contribution in [2.45, 2.75) is 97.9 Å². The Morgan fingerprint density at radius 2 is 1.74 bits per heavy atom. The van der Waals surface area contributed by atoms with E-state index in [1.165, 1.54) is 4.90 Å². The van der Waals surface area contributed by atoms with E-state index < -0.39 is 41.1 Å². The van der Waals surface area contributed by atoms with Crippen molar-refractivity contribution in [1.82, 2.24) is 15.5 Å². The number of amides is 3. The van der Waals surface area contributed by atoms with Crippen LogP contribution in [0.2, 0.25) is 0 Å². The van der Waals surface area contributed by atoms with Crippen molar-refractivity contribution in [3.05, 3.63) is 29.3 Å². The van der Waals surface area contributed by atoms with Crippen molar-refractivity contribution in [2.75, 3.05) is 12.3 Å². The fourth-order valence-electron chi connectivity index (χ4n) is 3.53. The molecule has 1 aromatic carbocycles. The number of hydrogen-bond donors (Lipinski definition) is 4. The van der Waals surface area contributed by atoms with Crippen LogP contribution in [0.15, 0.2) is 18.2 Å². The molecule has 198 valence electrons. The van der Waals surface area contributed by atoms with Gasteiger partial charge in [0.05, 0.1) is 0 Å². The first-order chi connectivity index (χ1) is 16.1. The molecule has 2 unspecified atom stereocenters. The summed E-state index contributed by atoms with van der Waals surface area (Å²) >= 11 is 4.29. The highest BCUT2D eigenvalue weighted by Crippen LogP contribution is 2.33. The van der Waals surface area contributed by atoms with Crippen molar-refractivity contribution >= 4 is 30.5 Å². The summed E-state index contributed by atoms with van der Waals surface area (Å²) in [6.45, 7) is 14.8. The smallest absolute Gasteiger partial charge is 0.408 e. The van der Waals surface area contributed by atoms with Crippen LogP contribution in [-0.2, 0) is 14.3 Å². The number of phenolic OH excluding ortho intramolecular Hbond substituents is 1. The Labute approximate surface area is 215 Å². The van der Waals surface area contributed by atoms with Gasteiger partial charge in [-0.3, -0.25) is 9.59 Å². The second-order valence-corrected chi connectivity index (χ2v) is 11.1. The third-order valence-corrected chi connectivity index (χ3v) is 5.44. The van der Waals surface area contributed by atoms with Crippen molar-refractivity contribution in [3.63, 3.8) is 0 Å². The van der Waals surface area contributed by atoms with E-state index in [1.807, 2.05) is 27.7 Å². The first-order valence-electron chi connectivity index (χ1n) is 12.1. The van der Waals surface area contributed by atoms with Crippen LogP contribution in [0.25, 0.3) is 0 Å². The highest BCUT2D eigenvalue weighted by molar-refractivity contribution is 7.80. The lowest BCUT2D eigenvalue weighted by Gasteiger charge is -2.36. The van der Waals surface area contributed by atoms with E-state index in [9.17, 15) is 19.5 Å². The summed E-state index contributed by atoms with van der Waals surface area (Å²) in [5.74, 6) is -0.928. The summed E-state index contributed by atoms with van der Waals surface area (Å²) in [7, 11) is 0. The van der Waals surface area contributed by atoms with Crippen molar-refractivity contribution in [2.24, 2.45) is 0 Å². The topological polar surface area (TPSA) is 108 Å². The lowest BCUT2D eigenvalue weighted by Crippen LogP contribution is -2.55. The van der Waals surface area contributed by atoms with E-state index in [-0.39, 0.29) is 18.0 Å². The van der Waals surface area contributed by atoms with Crippen LogP contribution >= 0.6 is 12.6 Å². The fraction of sp³-hybridized carbons (Fsp3) is 0.654. The molecule has 1 rings (SSSR count). The molecule has 0 aliphatic rings. The van der Waals surface area contributed by atoms with E-state index in [1.54, 1.807) is 45.9 Å². The number of rotatable bonds is 10. The minimum absolute atomic E-state index is 0.00969. The number of aromatic hydroxyl groups is 1. The average Bonchev–Trinajstić information content (AvgIpc) is 2.71. The van der Waals surface area contributed by atoms with Gasteiger partial charge in [-0.15, -0.1) is 0 Å². The first-order valence-corrected chi connectivity index (χ1v) is 12.8. The number of nitrogens with one attached hydrogen (secondary N) is 2. The van der Waals surface area contributed by atoms with Gasteiger partial charge in [0, 0.05) is 23.4 Å². The molecule has 35 heavy (non-hydrogen) atoms. The largest absolute Gasteiger partial charge is 0.507 e. The molecular formula is C26H43N3O5S. The molecule has 1 aromatic rings. The summed E-state index contributed by atoms with van der Waals surface area (Å²) < 4.78 is 5.32. The summed E-state index contributed by atoms with van der Waals surface area (Å²) in [5.41, 5.74) is -0.385. The number of unbranched alkanes of at least 4 members (excludes halogenated alkanes) is 2.